The predicted molar refractivity (Wildman–Crippen MR) is 62.8 cm³/mol. The van der Waals surface area contributed by atoms with Gasteiger partial charge in [-0.3, -0.25) is 0 Å². The van der Waals surface area contributed by atoms with Crippen molar-refractivity contribution in [3.05, 3.63) is 24.8 Å². The van der Waals surface area contributed by atoms with Crippen LogP contribution in [0.15, 0.2) is 24.8 Å². The van der Waals surface area contributed by atoms with Crippen LogP contribution in [0.4, 0.5) is 4.79 Å². The quantitative estimate of drug-likeness (QED) is 0.669. The van der Waals surface area contributed by atoms with Gasteiger partial charge in [0.25, 0.3) is 0 Å². The Labute approximate surface area is 92.4 Å². The zero-order valence-electron chi connectivity index (χ0n) is 10.2. The summed E-state index contributed by atoms with van der Waals surface area (Å²) in [4.78, 5) is 13.3. The Hall–Kier alpha value is -1.25. The van der Waals surface area contributed by atoms with Crippen LogP contribution in [-0.2, 0) is 4.74 Å². The standard InChI is InChI=1S/C12H21NO2/c1-7-8-13(9-10(2)3)11(14)15-12(4,5)6/h7H,1-2,8-9H2,3-6H3. The van der Waals surface area contributed by atoms with Gasteiger partial charge >= 0.3 is 6.09 Å². The fraction of sp³-hybridized carbons (Fsp3) is 0.583. The van der Waals surface area contributed by atoms with Crippen LogP contribution >= 0.6 is 0 Å². The summed E-state index contributed by atoms with van der Waals surface area (Å²) in [5.41, 5.74) is 0.452. The first-order chi connectivity index (χ1) is 6.76. The monoisotopic (exact) mass is 211 g/mol. The van der Waals surface area contributed by atoms with Crippen LogP contribution in [0.25, 0.3) is 0 Å². The molecule has 0 fully saturated rings. The third-order valence-corrected chi connectivity index (χ3v) is 1.46. The Morgan fingerprint density at radius 1 is 1.47 bits per heavy atom. The van der Waals surface area contributed by atoms with Gasteiger partial charge in [-0.05, 0) is 27.7 Å². The highest BCUT2D eigenvalue weighted by Gasteiger charge is 2.20. The Balaban J connectivity index is 4.41. The molecular formula is C12H21NO2. The first-order valence-electron chi connectivity index (χ1n) is 4.99. The summed E-state index contributed by atoms with van der Waals surface area (Å²) < 4.78 is 5.25. The first kappa shape index (κ1) is 13.8. The van der Waals surface area contributed by atoms with E-state index in [1.54, 1.807) is 11.0 Å². The van der Waals surface area contributed by atoms with Gasteiger partial charge in [0, 0.05) is 13.1 Å². The molecule has 3 nitrogen and oxygen atoms in total. The Morgan fingerprint density at radius 3 is 2.33 bits per heavy atom. The van der Waals surface area contributed by atoms with Crippen molar-refractivity contribution in [2.75, 3.05) is 13.1 Å². The molecule has 0 unspecified atom stereocenters. The summed E-state index contributed by atoms with van der Waals surface area (Å²) in [6, 6.07) is 0. The lowest BCUT2D eigenvalue weighted by Crippen LogP contribution is -2.37. The summed E-state index contributed by atoms with van der Waals surface area (Å²) >= 11 is 0. The van der Waals surface area contributed by atoms with E-state index in [9.17, 15) is 4.79 Å². The summed E-state index contributed by atoms with van der Waals surface area (Å²) in [7, 11) is 0. The maximum atomic E-state index is 11.7. The van der Waals surface area contributed by atoms with Crippen molar-refractivity contribution in [3.8, 4) is 0 Å². The SMILES string of the molecule is C=CCN(CC(=C)C)C(=O)OC(C)(C)C. The Bertz CT molecular complexity index is 251. The molecule has 15 heavy (non-hydrogen) atoms. The largest absolute Gasteiger partial charge is 0.444 e. The van der Waals surface area contributed by atoms with Crippen molar-refractivity contribution < 1.29 is 9.53 Å². The fourth-order valence-corrected chi connectivity index (χ4v) is 1.01. The molecule has 0 radical (unpaired) electrons. The average molecular weight is 211 g/mol. The summed E-state index contributed by atoms with van der Waals surface area (Å²) in [6.07, 6.45) is 1.35. The third kappa shape index (κ3) is 6.77. The van der Waals surface area contributed by atoms with Crippen LogP contribution in [0.3, 0.4) is 0 Å². The molecule has 0 N–H and O–H groups in total. The van der Waals surface area contributed by atoms with Crippen molar-refractivity contribution >= 4 is 6.09 Å². The lowest BCUT2D eigenvalue weighted by atomic mass is 10.2. The van der Waals surface area contributed by atoms with Crippen molar-refractivity contribution in [2.45, 2.75) is 33.3 Å². The second-order valence-electron chi connectivity index (χ2n) is 4.61. The highest BCUT2D eigenvalue weighted by atomic mass is 16.6. The number of rotatable bonds is 4. The average Bonchev–Trinajstić information content (AvgIpc) is 1.99. The van der Waals surface area contributed by atoms with Crippen molar-refractivity contribution in [1.29, 1.82) is 0 Å². The molecule has 0 saturated carbocycles. The van der Waals surface area contributed by atoms with Crippen LogP contribution < -0.4 is 0 Å². The number of carbonyl (C=O) groups is 1. The number of nitrogens with zero attached hydrogens (tertiary/aromatic N) is 1. The third-order valence-electron chi connectivity index (χ3n) is 1.46. The molecule has 0 aliphatic rings. The van der Waals surface area contributed by atoms with Crippen LogP contribution in [0, 0.1) is 0 Å². The molecule has 0 spiro atoms. The van der Waals surface area contributed by atoms with Crippen LogP contribution in [-0.4, -0.2) is 29.7 Å². The first-order valence-corrected chi connectivity index (χ1v) is 4.99. The molecule has 3 heteroatoms. The molecular weight excluding hydrogens is 190 g/mol. The normalized spacial score (nSPS) is 10.7. The van der Waals surface area contributed by atoms with E-state index in [0.29, 0.717) is 13.1 Å². The minimum Gasteiger partial charge on any atom is -0.444 e. The van der Waals surface area contributed by atoms with E-state index in [4.69, 9.17) is 4.74 Å². The lowest BCUT2D eigenvalue weighted by Gasteiger charge is -2.26. The summed E-state index contributed by atoms with van der Waals surface area (Å²) in [5.74, 6) is 0. The zero-order valence-corrected chi connectivity index (χ0v) is 10.2. The fourth-order valence-electron chi connectivity index (χ4n) is 1.01. The summed E-state index contributed by atoms with van der Waals surface area (Å²) in [5, 5.41) is 0. The van der Waals surface area contributed by atoms with Gasteiger partial charge in [0.15, 0.2) is 0 Å². The maximum Gasteiger partial charge on any atom is 0.410 e. The predicted octanol–water partition coefficient (Wildman–Crippen LogP) is 2.99. The van der Waals surface area contributed by atoms with E-state index < -0.39 is 5.60 Å². The molecule has 0 aromatic heterocycles. The van der Waals surface area contributed by atoms with E-state index >= 15 is 0 Å². The second kappa shape index (κ2) is 5.59. The molecule has 1 amide bonds. The number of amides is 1. The molecule has 0 aliphatic carbocycles. The van der Waals surface area contributed by atoms with E-state index in [-0.39, 0.29) is 6.09 Å². The molecule has 0 rings (SSSR count). The van der Waals surface area contributed by atoms with Gasteiger partial charge in [0.1, 0.15) is 5.60 Å². The molecule has 0 aliphatic heterocycles. The lowest BCUT2D eigenvalue weighted by molar-refractivity contribution is 0.0288. The topological polar surface area (TPSA) is 29.5 Å². The number of hydrogen-bond acceptors (Lipinski definition) is 2. The minimum atomic E-state index is -0.467. The minimum absolute atomic E-state index is 0.328. The zero-order chi connectivity index (χ0) is 12.1. The van der Waals surface area contributed by atoms with Crippen LogP contribution in [0.5, 0.6) is 0 Å². The molecule has 0 atom stereocenters. The highest BCUT2D eigenvalue weighted by molar-refractivity contribution is 5.68. The molecule has 86 valence electrons. The van der Waals surface area contributed by atoms with Crippen molar-refractivity contribution in [3.63, 3.8) is 0 Å². The second-order valence-corrected chi connectivity index (χ2v) is 4.61. The molecule has 0 saturated heterocycles. The van der Waals surface area contributed by atoms with Gasteiger partial charge in [-0.2, -0.15) is 0 Å². The van der Waals surface area contributed by atoms with Gasteiger partial charge in [-0.1, -0.05) is 18.2 Å². The van der Waals surface area contributed by atoms with Gasteiger partial charge < -0.3 is 9.64 Å². The Morgan fingerprint density at radius 2 is 2.00 bits per heavy atom. The van der Waals surface area contributed by atoms with E-state index in [1.807, 2.05) is 27.7 Å². The number of carbonyl (C=O) groups excluding carboxylic acids is 1. The van der Waals surface area contributed by atoms with Gasteiger partial charge in [0.05, 0.1) is 0 Å². The highest BCUT2D eigenvalue weighted by Crippen LogP contribution is 2.10. The Kier molecular flexibility index (Phi) is 5.12. The van der Waals surface area contributed by atoms with E-state index in [1.165, 1.54) is 0 Å². The van der Waals surface area contributed by atoms with Crippen molar-refractivity contribution in [1.82, 2.24) is 4.90 Å². The van der Waals surface area contributed by atoms with Gasteiger partial charge in [0.2, 0.25) is 0 Å². The van der Waals surface area contributed by atoms with Gasteiger partial charge in [-0.15, -0.1) is 6.58 Å². The number of hydrogen-bond donors (Lipinski definition) is 0. The molecule has 0 aromatic carbocycles. The van der Waals surface area contributed by atoms with Crippen LogP contribution in [0.1, 0.15) is 27.7 Å². The van der Waals surface area contributed by atoms with Crippen molar-refractivity contribution in [2.24, 2.45) is 0 Å². The summed E-state index contributed by atoms with van der Waals surface area (Å²) in [6.45, 7) is 15.8. The number of ether oxygens (including phenoxy) is 1. The van der Waals surface area contributed by atoms with Gasteiger partial charge in [-0.25, -0.2) is 4.79 Å². The smallest absolute Gasteiger partial charge is 0.410 e. The molecule has 0 aromatic rings. The maximum absolute atomic E-state index is 11.7. The molecule has 0 heterocycles. The molecule has 0 bridgehead atoms. The van der Waals surface area contributed by atoms with E-state index in [2.05, 4.69) is 13.2 Å². The van der Waals surface area contributed by atoms with E-state index in [0.717, 1.165) is 5.57 Å². The van der Waals surface area contributed by atoms with Crippen LogP contribution in [0.2, 0.25) is 0 Å².